The zero-order valence-corrected chi connectivity index (χ0v) is 9.64. The molecule has 0 aliphatic rings. The van der Waals surface area contributed by atoms with Crippen LogP contribution >= 0.6 is 0 Å². The molecule has 2 N–H and O–H groups in total. The average Bonchev–Trinajstić information content (AvgIpc) is 2.27. The van der Waals surface area contributed by atoms with E-state index in [2.05, 4.69) is 10.3 Å². The number of anilines is 1. The number of nitrogens with zero attached hydrogens (tertiary/aromatic N) is 1. The molecule has 0 aliphatic carbocycles. The Morgan fingerprint density at radius 3 is 2.72 bits per heavy atom. The Morgan fingerprint density at radius 1 is 1.28 bits per heavy atom. The lowest BCUT2D eigenvalue weighted by Crippen LogP contribution is -2.12. The number of benzene rings is 1. The van der Waals surface area contributed by atoms with Crippen molar-refractivity contribution in [3.63, 3.8) is 0 Å². The minimum Gasteiger partial charge on any atom is -0.506 e. The Balaban J connectivity index is 2.21. The number of carbonyl (C=O) groups is 1. The molecule has 4 nitrogen and oxygen atoms in total. The summed E-state index contributed by atoms with van der Waals surface area (Å²) in [4.78, 5) is 15.5. The lowest BCUT2D eigenvalue weighted by Gasteiger charge is -2.06. The van der Waals surface area contributed by atoms with Crippen molar-refractivity contribution >= 4 is 11.6 Å². The van der Waals surface area contributed by atoms with Gasteiger partial charge in [-0.15, -0.1) is 0 Å². The summed E-state index contributed by atoms with van der Waals surface area (Å²) >= 11 is 0. The van der Waals surface area contributed by atoms with Crippen LogP contribution in [-0.4, -0.2) is 16.0 Å². The van der Waals surface area contributed by atoms with E-state index in [1.807, 2.05) is 0 Å². The van der Waals surface area contributed by atoms with Crippen molar-refractivity contribution in [3.8, 4) is 5.75 Å². The van der Waals surface area contributed by atoms with Crippen molar-refractivity contribution in [3.05, 3.63) is 53.6 Å². The van der Waals surface area contributed by atoms with Gasteiger partial charge in [0.25, 0.3) is 5.91 Å². The fourth-order valence-corrected chi connectivity index (χ4v) is 1.56. The molecule has 0 atom stereocenters. The first-order valence-electron chi connectivity index (χ1n) is 5.27. The Morgan fingerprint density at radius 2 is 2.06 bits per heavy atom. The molecular weight excluding hydrogens is 235 g/mol. The Labute approximate surface area is 103 Å². The van der Waals surface area contributed by atoms with E-state index in [0.717, 1.165) is 0 Å². The largest absolute Gasteiger partial charge is 0.506 e. The van der Waals surface area contributed by atoms with Gasteiger partial charge in [0, 0.05) is 11.9 Å². The van der Waals surface area contributed by atoms with E-state index in [-0.39, 0.29) is 11.3 Å². The lowest BCUT2D eigenvalue weighted by atomic mass is 10.2. The van der Waals surface area contributed by atoms with E-state index < -0.39 is 11.7 Å². The second-order valence-corrected chi connectivity index (χ2v) is 3.90. The molecule has 0 bridgehead atoms. The molecule has 0 saturated heterocycles. The van der Waals surface area contributed by atoms with Crippen LogP contribution in [0.15, 0.2) is 36.7 Å². The third kappa shape index (κ3) is 2.82. The molecule has 0 aliphatic heterocycles. The first kappa shape index (κ1) is 12.0. The smallest absolute Gasteiger partial charge is 0.257 e. The van der Waals surface area contributed by atoms with Crippen molar-refractivity contribution < 1.29 is 14.3 Å². The van der Waals surface area contributed by atoms with Gasteiger partial charge in [-0.3, -0.25) is 9.78 Å². The Hall–Kier alpha value is -2.43. The van der Waals surface area contributed by atoms with Crippen LogP contribution in [-0.2, 0) is 0 Å². The quantitative estimate of drug-likeness (QED) is 0.855. The van der Waals surface area contributed by atoms with E-state index in [0.29, 0.717) is 11.3 Å². The topological polar surface area (TPSA) is 62.2 Å². The average molecular weight is 246 g/mol. The predicted molar refractivity (Wildman–Crippen MR) is 65.0 cm³/mol. The zero-order valence-electron chi connectivity index (χ0n) is 9.64. The van der Waals surface area contributed by atoms with E-state index in [4.69, 9.17) is 0 Å². The number of pyridine rings is 1. The molecule has 0 saturated carbocycles. The normalized spacial score (nSPS) is 10.1. The van der Waals surface area contributed by atoms with Crippen LogP contribution in [0.2, 0.25) is 0 Å². The standard InChI is InChI=1S/C13H11FN2O2/c1-8-2-10(14)5-11(3-8)16-13(18)9-4-12(17)7-15-6-9/h2-7,17H,1H3,(H,16,18). The van der Waals surface area contributed by atoms with Crippen LogP contribution in [0.25, 0.3) is 0 Å². The summed E-state index contributed by atoms with van der Waals surface area (Å²) in [6, 6.07) is 5.53. The molecule has 0 fully saturated rings. The van der Waals surface area contributed by atoms with Gasteiger partial charge in [-0.05, 0) is 36.8 Å². The van der Waals surface area contributed by atoms with Crippen molar-refractivity contribution in [2.75, 3.05) is 5.32 Å². The van der Waals surface area contributed by atoms with Crippen molar-refractivity contribution in [2.24, 2.45) is 0 Å². The van der Waals surface area contributed by atoms with Crippen LogP contribution in [0.5, 0.6) is 5.75 Å². The summed E-state index contributed by atoms with van der Waals surface area (Å²) < 4.78 is 13.1. The summed E-state index contributed by atoms with van der Waals surface area (Å²) in [5, 5.41) is 11.8. The minimum absolute atomic E-state index is 0.0990. The number of aryl methyl sites for hydroxylation is 1. The minimum atomic E-state index is -0.455. The first-order chi connectivity index (χ1) is 8.54. The zero-order chi connectivity index (χ0) is 13.1. The summed E-state index contributed by atoms with van der Waals surface area (Å²) in [5.41, 5.74) is 1.28. The number of rotatable bonds is 2. The van der Waals surface area contributed by atoms with E-state index in [1.54, 1.807) is 13.0 Å². The van der Waals surface area contributed by atoms with Gasteiger partial charge in [0.2, 0.25) is 0 Å². The molecule has 1 amide bonds. The first-order valence-corrected chi connectivity index (χ1v) is 5.27. The number of amides is 1. The summed E-state index contributed by atoms with van der Waals surface area (Å²) in [7, 11) is 0. The number of carbonyl (C=O) groups excluding carboxylic acids is 1. The molecule has 18 heavy (non-hydrogen) atoms. The Bertz CT molecular complexity index is 579. The van der Waals surface area contributed by atoms with Crippen LogP contribution in [0, 0.1) is 12.7 Å². The van der Waals surface area contributed by atoms with Crippen LogP contribution < -0.4 is 5.32 Å². The fourth-order valence-electron chi connectivity index (χ4n) is 1.56. The maximum Gasteiger partial charge on any atom is 0.257 e. The molecule has 1 aromatic carbocycles. The summed E-state index contributed by atoms with van der Waals surface area (Å²) in [6.07, 6.45) is 2.55. The lowest BCUT2D eigenvalue weighted by molar-refractivity contribution is 0.102. The molecule has 92 valence electrons. The molecule has 0 spiro atoms. The van der Waals surface area contributed by atoms with E-state index >= 15 is 0 Å². The van der Waals surface area contributed by atoms with Crippen LogP contribution in [0.4, 0.5) is 10.1 Å². The SMILES string of the molecule is Cc1cc(F)cc(NC(=O)c2cncc(O)c2)c1. The van der Waals surface area contributed by atoms with Gasteiger partial charge < -0.3 is 10.4 Å². The highest BCUT2D eigenvalue weighted by atomic mass is 19.1. The van der Waals surface area contributed by atoms with Crippen molar-refractivity contribution in [2.45, 2.75) is 6.92 Å². The predicted octanol–water partition coefficient (Wildman–Crippen LogP) is 2.49. The van der Waals surface area contributed by atoms with Gasteiger partial charge in [-0.1, -0.05) is 0 Å². The van der Waals surface area contributed by atoms with Gasteiger partial charge in [-0.2, -0.15) is 0 Å². The molecule has 0 radical (unpaired) electrons. The molecule has 1 aromatic heterocycles. The van der Waals surface area contributed by atoms with Crippen molar-refractivity contribution in [1.82, 2.24) is 4.98 Å². The van der Waals surface area contributed by atoms with Gasteiger partial charge in [0.15, 0.2) is 0 Å². The van der Waals surface area contributed by atoms with Gasteiger partial charge >= 0.3 is 0 Å². The maximum atomic E-state index is 13.1. The number of hydrogen-bond acceptors (Lipinski definition) is 3. The highest BCUT2D eigenvalue weighted by molar-refractivity contribution is 6.04. The van der Waals surface area contributed by atoms with Crippen molar-refractivity contribution in [1.29, 1.82) is 0 Å². The highest BCUT2D eigenvalue weighted by Gasteiger charge is 2.08. The number of aromatic nitrogens is 1. The Kier molecular flexibility index (Phi) is 3.23. The third-order valence-electron chi connectivity index (χ3n) is 2.29. The second kappa shape index (κ2) is 4.83. The summed E-state index contributed by atoms with van der Waals surface area (Å²) in [5.74, 6) is -0.971. The molecule has 1 heterocycles. The van der Waals surface area contributed by atoms with E-state index in [9.17, 15) is 14.3 Å². The molecule has 0 unspecified atom stereocenters. The monoisotopic (exact) mass is 246 g/mol. The number of halogens is 1. The maximum absolute atomic E-state index is 13.1. The molecule has 2 aromatic rings. The van der Waals surface area contributed by atoms with Gasteiger partial charge in [0.05, 0.1) is 11.8 Å². The fraction of sp³-hybridized carbons (Fsp3) is 0.0769. The molecular formula is C13H11FN2O2. The third-order valence-corrected chi connectivity index (χ3v) is 2.29. The van der Waals surface area contributed by atoms with Crippen LogP contribution in [0.3, 0.4) is 0 Å². The molecule has 5 heteroatoms. The second-order valence-electron chi connectivity index (χ2n) is 3.90. The van der Waals surface area contributed by atoms with E-state index in [1.165, 1.54) is 30.6 Å². The number of hydrogen-bond donors (Lipinski definition) is 2. The molecule has 2 rings (SSSR count). The van der Waals surface area contributed by atoms with Gasteiger partial charge in [0.1, 0.15) is 11.6 Å². The van der Waals surface area contributed by atoms with Gasteiger partial charge in [-0.25, -0.2) is 4.39 Å². The van der Waals surface area contributed by atoms with Crippen LogP contribution in [0.1, 0.15) is 15.9 Å². The number of nitrogens with one attached hydrogen (secondary N) is 1. The summed E-state index contributed by atoms with van der Waals surface area (Å²) in [6.45, 7) is 1.73. The highest BCUT2D eigenvalue weighted by Crippen LogP contribution is 2.15. The number of aromatic hydroxyl groups is 1.